The summed E-state index contributed by atoms with van der Waals surface area (Å²) >= 11 is 12.1. The van der Waals surface area contributed by atoms with E-state index in [2.05, 4.69) is 18.7 Å². The number of Topliss-reactive ketones (excluding diaryl/α,β-unsaturated/α-hetero) is 1. The van der Waals surface area contributed by atoms with Gasteiger partial charge >= 0.3 is 0 Å². The Hall–Kier alpha value is -3.09. The third-order valence-electron chi connectivity index (χ3n) is 6.69. The number of hydrogen-bond acceptors (Lipinski definition) is 4. The minimum absolute atomic E-state index is 0. The Bertz CT molecular complexity index is 1280. The van der Waals surface area contributed by atoms with E-state index in [-0.39, 0.29) is 37.2 Å². The van der Waals surface area contributed by atoms with Gasteiger partial charge in [-0.1, -0.05) is 61.3 Å². The molecule has 0 radical (unpaired) electrons. The molecule has 1 heterocycles. The second-order valence-electron chi connectivity index (χ2n) is 9.33. The standard InChI is InChI=1S/C32H32Cl2N2O3.ClH/c1-3-35(4-2)17-18-39-30-15-9-25(10-16-30)32(38)36-21-26(19-23-5-11-28(33)12-6-23)31(37)27(22-36)20-24-7-13-29(34)14-8-24;/h5-16,19-20H,3-4,17-18,21-22H2,1-2H3;1H/b26-19+,27-20+;. The smallest absolute Gasteiger partial charge is 0.254 e. The second kappa shape index (κ2) is 15.1. The van der Waals surface area contributed by atoms with Crippen LogP contribution in [0.3, 0.4) is 0 Å². The first-order chi connectivity index (χ1) is 18.9. The predicted molar refractivity (Wildman–Crippen MR) is 167 cm³/mol. The minimum atomic E-state index is -0.152. The Kier molecular flexibility index (Phi) is 11.8. The van der Waals surface area contributed by atoms with E-state index in [1.807, 2.05) is 48.6 Å². The molecular weight excluding hydrogens is 567 g/mol. The van der Waals surface area contributed by atoms with Crippen LogP contribution in [0.25, 0.3) is 12.2 Å². The number of amides is 1. The summed E-state index contributed by atoms with van der Waals surface area (Å²) < 4.78 is 5.87. The Balaban J connectivity index is 0.00000441. The fourth-order valence-electron chi connectivity index (χ4n) is 4.41. The highest BCUT2D eigenvalue weighted by atomic mass is 35.5. The second-order valence-corrected chi connectivity index (χ2v) is 10.2. The molecule has 0 spiro atoms. The highest BCUT2D eigenvalue weighted by Gasteiger charge is 2.29. The quantitative estimate of drug-likeness (QED) is 0.242. The summed E-state index contributed by atoms with van der Waals surface area (Å²) in [4.78, 5) is 31.0. The number of ketones is 1. The van der Waals surface area contributed by atoms with Gasteiger partial charge in [0.15, 0.2) is 5.78 Å². The molecule has 0 N–H and O–H groups in total. The van der Waals surface area contributed by atoms with Crippen LogP contribution in [-0.2, 0) is 4.79 Å². The molecule has 0 atom stereocenters. The Labute approximate surface area is 252 Å². The largest absolute Gasteiger partial charge is 0.492 e. The van der Waals surface area contributed by atoms with Gasteiger partial charge in [-0.15, -0.1) is 12.4 Å². The van der Waals surface area contributed by atoms with Gasteiger partial charge in [0.2, 0.25) is 0 Å². The van der Waals surface area contributed by atoms with E-state index in [0.29, 0.717) is 33.4 Å². The molecule has 0 unspecified atom stereocenters. The van der Waals surface area contributed by atoms with Gasteiger partial charge in [0.25, 0.3) is 5.91 Å². The molecular formula is C32H33Cl3N2O3. The third-order valence-corrected chi connectivity index (χ3v) is 7.19. The van der Waals surface area contributed by atoms with Gasteiger partial charge in [0.05, 0.1) is 13.1 Å². The summed E-state index contributed by atoms with van der Waals surface area (Å²) in [6.07, 6.45) is 3.64. The van der Waals surface area contributed by atoms with Crippen molar-refractivity contribution in [3.8, 4) is 5.75 Å². The molecule has 0 aromatic heterocycles. The highest BCUT2D eigenvalue weighted by molar-refractivity contribution is 6.31. The highest BCUT2D eigenvalue weighted by Crippen LogP contribution is 2.25. The van der Waals surface area contributed by atoms with Crippen LogP contribution in [0.1, 0.15) is 35.3 Å². The lowest BCUT2D eigenvalue weighted by atomic mass is 9.93. The number of carbonyl (C=O) groups excluding carboxylic acids is 2. The van der Waals surface area contributed by atoms with Crippen LogP contribution >= 0.6 is 35.6 Å². The number of benzene rings is 3. The minimum Gasteiger partial charge on any atom is -0.492 e. The number of carbonyl (C=O) groups is 2. The van der Waals surface area contributed by atoms with Crippen molar-refractivity contribution in [3.05, 3.63) is 111 Å². The van der Waals surface area contributed by atoms with Crippen molar-refractivity contribution >= 4 is 59.5 Å². The van der Waals surface area contributed by atoms with Crippen LogP contribution < -0.4 is 4.74 Å². The first kappa shape index (κ1) is 31.4. The molecule has 0 saturated carbocycles. The first-order valence-electron chi connectivity index (χ1n) is 13.1. The molecule has 1 aliphatic heterocycles. The molecule has 5 nitrogen and oxygen atoms in total. The number of likely N-dealkylation sites (N-methyl/N-ethyl adjacent to an activating group) is 1. The topological polar surface area (TPSA) is 49.9 Å². The molecule has 3 aromatic carbocycles. The van der Waals surface area contributed by atoms with Crippen molar-refractivity contribution < 1.29 is 14.3 Å². The number of piperidine rings is 1. The average Bonchev–Trinajstić information content (AvgIpc) is 2.95. The number of likely N-dealkylation sites (tertiary alicyclic amines) is 1. The molecule has 8 heteroatoms. The third kappa shape index (κ3) is 8.45. The summed E-state index contributed by atoms with van der Waals surface area (Å²) in [7, 11) is 0. The molecule has 0 bridgehead atoms. The van der Waals surface area contributed by atoms with E-state index in [0.717, 1.165) is 36.5 Å². The van der Waals surface area contributed by atoms with Crippen LogP contribution in [0.15, 0.2) is 83.9 Å². The maximum absolute atomic E-state index is 13.6. The molecule has 1 saturated heterocycles. The molecule has 1 fully saturated rings. The molecule has 3 aromatic rings. The molecule has 4 rings (SSSR count). The SMILES string of the molecule is CCN(CC)CCOc1ccc(C(=O)N2C/C(=C\c3ccc(Cl)cc3)C(=O)/C(=C/c3ccc(Cl)cc3)C2)cc1.Cl. The van der Waals surface area contributed by atoms with E-state index in [9.17, 15) is 9.59 Å². The van der Waals surface area contributed by atoms with Gasteiger partial charge in [-0.3, -0.25) is 9.59 Å². The van der Waals surface area contributed by atoms with Crippen molar-refractivity contribution in [1.29, 1.82) is 0 Å². The maximum Gasteiger partial charge on any atom is 0.254 e. The molecule has 1 aliphatic rings. The summed E-state index contributed by atoms with van der Waals surface area (Å²) in [6.45, 7) is 8.07. The van der Waals surface area contributed by atoms with Crippen LogP contribution in [0.2, 0.25) is 10.0 Å². The lowest BCUT2D eigenvalue weighted by molar-refractivity contribution is -0.113. The van der Waals surface area contributed by atoms with Crippen LogP contribution in [0, 0.1) is 0 Å². The maximum atomic E-state index is 13.6. The molecule has 210 valence electrons. The Morgan fingerprint density at radius 1 is 0.825 bits per heavy atom. The van der Waals surface area contributed by atoms with Gasteiger partial charge in [0.1, 0.15) is 12.4 Å². The first-order valence-corrected chi connectivity index (χ1v) is 13.8. The summed E-state index contributed by atoms with van der Waals surface area (Å²) in [5, 5.41) is 1.24. The zero-order valence-electron chi connectivity index (χ0n) is 22.6. The van der Waals surface area contributed by atoms with Crippen LogP contribution in [0.5, 0.6) is 5.75 Å². The van der Waals surface area contributed by atoms with Crippen molar-refractivity contribution in [1.82, 2.24) is 9.80 Å². The number of ether oxygens (including phenoxy) is 1. The monoisotopic (exact) mass is 598 g/mol. The van der Waals surface area contributed by atoms with Crippen molar-refractivity contribution in [2.75, 3.05) is 39.3 Å². The number of hydrogen-bond donors (Lipinski definition) is 0. The summed E-state index contributed by atoms with van der Waals surface area (Å²) in [5.41, 5.74) is 3.29. The number of nitrogens with zero attached hydrogens (tertiary/aromatic N) is 2. The number of halogens is 3. The zero-order valence-corrected chi connectivity index (χ0v) is 24.9. The Morgan fingerprint density at radius 3 is 1.75 bits per heavy atom. The van der Waals surface area contributed by atoms with Gasteiger partial charge in [0, 0.05) is 33.3 Å². The molecule has 40 heavy (non-hydrogen) atoms. The van der Waals surface area contributed by atoms with E-state index in [4.69, 9.17) is 27.9 Å². The van der Waals surface area contributed by atoms with Crippen molar-refractivity contribution in [2.45, 2.75) is 13.8 Å². The predicted octanol–water partition coefficient (Wildman–Crippen LogP) is 7.33. The normalized spacial score (nSPS) is 15.4. The zero-order chi connectivity index (χ0) is 27.8. The summed E-state index contributed by atoms with van der Waals surface area (Å²) in [6, 6.07) is 21.7. The lowest BCUT2D eigenvalue weighted by Gasteiger charge is -2.30. The van der Waals surface area contributed by atoms with Gasteiger partial charge in [-0.2, -0.15) is 0 Å². The lowest BCUT2D eigenvalue weighted by Crippen LogP contribution is -2.41. The fourth-order valence-corrected chi connectivity index (χ4v) is 4.66. The van der Waals surface area contributed by atoms with Crippen LogP contribution in [0.4, 0.5) is 0 Å². The number of rotatable bonds is 9. The summed E-state index contributed by atoms with van der Waals surface area (Å²) in [5.74, 6) is 0.487. The van der Waals surface area contributed by atoms with E-state index < -0.39 is 0 Å². The van der Waals surface area contributed by atoms with E-state index >= 15 is 0 Å². The molecule has 1 amide bonds. The van der Waals surface area contributed by atoms with E-state index in [1.165, 1.54) is 0 Å². The van der Waals surface area contributed by atoms with Gasteiger partial charge < -0.3 is 14.5 Å². The van der Waals surface area contributed by atoms with Gasteiger partial charge in [-0.05, 0) is 84.9 Å². The van der Waals surface area contributed by atoms with Crippen molar-refractivity contribution in [2.24, 2.45) is 0 Å². The molecule has 0 aliphatic carbocycles. The fraction of sp³-hybridized carbons (Fsp3) is 0.250. The van der Waals surface area contributed by atoms with Crippen LogP contribution in [-0.4, -0.2) is 60.8 Å². The average molecular weight is 600 g/mol. The van der Waals surface area contributed by atoms with E-state index in [1.54, 1.807) is 41.3 Å². The van der Waals surface area contributed by atoms with Gasteiger partial charge in [-0.25, -0.2) is 0 Å². The Morgan fingerprint density at radius 2 is 1.30 bits per heavy atom. The van der Waals surface area contributed by atoms with Crippen molar-refractivity contribution in [3.63, 3.8) is 0 Å².